The third-order valence-corrected chi connectivity index (χ3v) is 4.08. The number of rotatable bonds is 7. The lowest BCUT2D eigenvalue weighted by molar-refractivity contribution is -0.258. The highest BCUT2D eigenvalue weighted by Gasteiger charge is 2.51. The molecule has 6 nitrogen and oxygen atoms in total. The lowest BCUT2D eigenvalue weighted by Crippen LogP contribution is -2.39. The van der Waals surface area contributed by atoms with Crippen molar-refractivity contribution in [1.82, 2.24) is 5.32 Å². The summed E-state index contributed by atoms with van der Waals surface area (Å²) in [5, 5.41) is 14.9. The minimum Gasteiger partial charge on any atom is -0.484 e. The first-order valence-corrected chi connectivity index (χ1v) is 8.75. The second-order valence-electron chi connectivity index (χ2n) is 6.37. The van der Waals surface area contributed by atoms with Gasteiger partial charge in [0.05, 0.1) is 0 Å². The monoisotopic (exact) mass is 410 g/mol. The topological polar surface area (TPSA) is 87.7 Å². The Bertz CT molecular complexity index is 865. The molecule has 0 radical (unpaired) electrons. The summed E-state index contributed by atoms with van der Waals surface area (Å²) in [6.07, 6.45) is -4.82. The van der Waals surface area contributed by atoms with E-state index in [2.05, 4.69) is 10.6 Å². The molecule has 2 aromatic rings. The van der Waals surface area contributed by atoms with E-state index in [1.165, 1.54) is 18.2 Å². The molecule has 0 saturated carbocycles. The molecule has 0 unspecified atom stereocenters. The van der Waals surface area contributed by atoms with Gasteiger partial charge in [-0.15, -0.1) is 0 Å². The van der Waals surface area contributed by atoms with E-state index in [0.29, 0.717) is 24.7 Å². The number of ether oxygens (including phenoxy) is 1. The molecule has 0 bridgehead atoms. The molecule has 2 amide bonds. The Morgan fingerprint density at radius 1 is 1.10 bits per heavy atom. The molecule has 2 rings (SSSR count). The van der Waals surface area contributed by atoms with Crippen LogP contribution in [0.25, 0.3) is 0 Å². The van der Waals surface area contributed by atoms with Gasteiger partial charge in [-0.3, -0.25) is 9.59 Å². The van der Waals surface area contributed by atoms with Crippen LogP contribution in [0.3, 0.4) is 0 Å². The molecular weight excluding hydrogens is 389 g/mol. The van der Waals surface area contributed by atoms with E-state index in [-0.39, 0.29) is 23.8 Å². The van der Waals surface area contributed by atoms with Crippen molar-refractivity contribution in [2.45, 2.75) is 25.6 Å². The Morgan fingerprint density at radius 3 is 2.34 bits per heavy atom. The van der Waals surface area contributed by atoms with Gasteiger partial charge < -0.3 is 20.5 Å². The Kier molecular flexibility index (Phi) is 6.86. The number of halogens is 3. The zero-order valence-corrected chi connectivity index (χ0v) is 15.8. The van der Waals surface area contributed by atoms with E-state index in [0.717, 1.165) is 12.1 Å². The van der Waals surface area contributed by atoms with Gasteiger partial charge >= 0.3 is 6.18 Å². The zero-order chi connectivity index (χ0) is 21.7. The summed E-state index contributed by atoms with van der Waals surface area (Å²) in [6, 6.07) is 11.0. The third-order valence-electron chi connectivity index (χ3n) is 4.08. The number of hydrogen-bond acceptors (Lipinski definition) is 4. The predicted molar refractivity (Wildman–Crippen MR) is 101 cm³/mol. The van der Waals surface area contributed by atoms with Gasteiger partial charge in [-0.05, 0) is 49.7 Å². The minimum atomic E-state index is -4.82. The highest BCUT2D eigenvalue weighted by molar-refractivity contribution is 5.97. The van der Waals surface area contributed by atoms with Gasteiger partial charge in [0.25, 0.3) is 11.8 Å². The molecule has 1 atom stereocenters. The number of carbonyl (C=O) groups excluding carboxylic acids is 2. The standard InChI is InChI=1S/C20H21F3N2O4/c1-3-24-18(27)13-5-4-6-15(11-13)25-17(26)12-29-16-9-7-14(8-10-16)19(2,28)20(21,22)23/h4-11,28H,3,12H2,1-2H3,(H,24,27)(H,25,26)/t19-/m0/s1. The maximum absolute atomic E-state index is 12.8. The Balaban J connectivity index is 1.95. The first kappa shape index (κ1) is 22.2. The lowest BCUT2D eigenvalue weighted by Gasteiger charge is -2.26. The molecule has 0 aliphatic heterocycles. The summed E-state index contributed by atoms with van der Waals surface area (Å²) in [5.74, 6) is -0.614. The fourth-order valence-electron chi connectivity index (χ4n) is 2.39. The number of nitrogens with one attached hydrogen (secondary N) is 2. The fourth-order valence-corrected chi connectivity index (χ4v) is 2.39. The maximum atomic E-state index is 12.8. The molecule has 0 aromatic heterocycles. The number of carbonyl (C=O) groups is 2. The van der Waals surface area contributed by atoms with Crippen LogP contribution in [0, 0.1) is 0 Å². The summed E-state index contributed by atoms with van der Waals surface area (Å²) >= 11 is 0. The van der Waals surface area contributed by atoms with Crippen LogP contribution in [-0.4, -0.2) is 36.2 Å². The Hall–Kier alpha value is -3.07. The van der Waals surface area contributed by atoms with Crippen LogP contribution < -0.4 is 15.4 Å². The van der Waals surface area contributed by atoms with Crippen LogP contribution in [0.2, 0.25) is 0 Å². The number of amides is 2. The van der Waals surface area contributed by atoms with Gasteiger partial charge in [-0.1, -0.05) is 18.2 Å². The molecule has 0 heterocycles. The lowest BCUT2D eigenvalue weighted by atomic mass is 9.95. The average molecular weight is 410 g/mol. The normalized spacial score (nSPS) is 13.3. The molecule has 29 heavy (non-hydrogen) atoms. The number of hydrogen-bond donors (Lipinski definition) is 3. The number of anilines is 1. The van der Waals surface area contributed by atoms with Crippen molar-refractivity contribution in [3.05, 3.63) is 59.7 Å². The average Bonchev–Trinajstić information content (AvgIpc) is 2.66. The molecule has 3 N–H and O–H groups in total. The van der Waals surface area contributed by atoms with E-state index < -0.39 is 17.7 Å². The van der Waals surface area contributed by atoms with Crippen LogP contribution in [0.5, 0.6) is 5.75 Å². The van der Waals surface area contributed by atoms with Crippen molar-refractivity contribution in [3.8, 4) is 5.75 Å². The van der Waals surface area contributed by atoms with Gasteiger partial charge in [0.15, 0.2) is 12.2 Å². The van der Waals surface area contributed by atoms with E-state index in [1.54, 1.807) is 25.1 Å². The number of alkyl halides is 3. The highest BCUT2D eigenvalue weighted by Crippen LogP contribution is 2.38. The van der Waals surface area contributed by atoms with Crippen LogP contribution in [-0.2, 0) is 10.4 Å². The second-order valence-corrected chi connectivity index (χ2v) is 6.37. The van der Waals surface area contributed by atoms with Crippen molar-refractivity contribution in [2.75, 3.05) is 18.5 Å². The Labute approximate surface area is 165 Å². The molecule has 2 aromatic carbocycles. The van der Waals surface area contributed by atoms with Gasteiger partial charge in [-0.25, -0.2) is 0 Å². The highest BCUT2D eigenvalue weighted by atomic mass is 19.4. The van der Waals surface area contributed by atoms with Crippen LogP contribution in [0.15, 0.2) is 48.5 Å². The smallest absolute Gasteiger partial charge is 0.421 e. The van der Waals surface area contributed by atoms with E-state index >= 15 is 0 Å². The van der Waals surface area contributed by atoms with Crippen LogP contribution in [0.4, 0.5) is 18.9 Å². The van der Waals surface area contributed by atoms with Gasteiger partial charge in [0.2, 0.25) is 0 Å². The maximum Gasteiger partial charge on any atom is 0.421 e. The molecule has 156 valence electrons. The molecule has 9 heteroatoms. The van der Waals surface area contributed by atoms with Crippen molar-refractivity contribution < 1.29 is 32.6 Å². The van der Waals surface area contributed by atoms with Crippen LogP contribution >= 0.6 is 0 Å². The van der Waals surface area contributed by atoms with Gasteiger partial charge in [-0.2, -0.15) is 13.2 Å². The molecule has 0 spiro atoms. The van der Waals surface area contributed by atoms with Crippen molar-refractivity contribution >= 4 is 17.5 Å². The zero-order valence-electron chi connectivity index (χ0n) is 15.8. The predicted octanol–water partition coefficient (Wildman–Crippen LogP) is 3.22. The van der Waals surface area contributed by atoms with Crippen molar-refractivity contribution in [2.24, 2.45) is 0 Å². The summed E-state index contributed by atoms with van der Waals surface area (Å²) in [4.78, 5) is 23.8. The molecular formula is C20H21F3N2O4. The number of aliphatic hydroxyl groups is 1. The SMILES string of the molecule is CCNC(=O)c1cccc(NC(=O)COc2ccc([C@](C)(O)C(F)(F)F)cc2)c1. The summed E-state index contributed by atoms with van der Waals surface area (Å²) in [7, 11) is 0. The summed E-state index contributed by atoms with van der Waals surface area (Å²) in [6.45, 7) is 2.53. The van der Waals surface area contributed by atoms with E-state index in [9.17, 15) is 27.9 Å². The largest absolute Gasteiger partial charge is 0.484 e. The first-order chi connectivity index (χ1) is 13.5. The van der Waals surface area contributed by atoms with Crippen LogP contribution in [0.1, 0.15) is 29.8 Å². The van der Waals surface area contributed by atoms with Gasteiger partial charge in [0.1, 0.15) is 5.75 Å². The Morgan fingerprint density at radius 2 is 1.76 bits per heavy atom. The van der Waals surface area contributed by atoms with Crippen molar-refractivity contribution in [3.63, 3.8) is 0 Å². The van der Waals surface area contributed by atoms with Gasteiger partial charge in [0, 0.05) is 17.8 Å². The van der Waals surface area contributed by atoms with Crippen molar-refractivity contribution in [1.29, 1.82) is 0 Å². The summed E-state index contributed by atoms with van der Waals surface area (Å²) < 4.78 is 43.8. The molecule has 0 fully saturated rings. The summed E-state index contributed by atoms with van der Waals surface area (Å²) in [5.41, 5.74) is -2.54. The number of benzene rings is 2. The third kappa shape index (κ3) is 5.71. The molecule has 0 aliphatic rings. The second kappa shape index (κ2) is 8.95. The first-order valence-electron chi connectivity index (χ1n) is 8.75. The molecule has 0 saturated heterocycles. The quantitative estimate of drug-likeness (QED) is 0.654. The van der Waals surface area contributed by atoms with E-state index in [1.807, 2.05) is 0 Å². The minimum absolute atomic E-state index is 0.165. The van der Waals surface area contributed by atoms with E-state index in [4.69, 9.17) is 4.74 Å². The fraction of sp³-hybridized carbons (Fsp3) is 0.300. The molecule has 0 aliphatic carbocycles.